The van der Waals surface area contributed by atoms with E-state index in [-0.39, 0.29) is 17.5 Å². The molecule has 1 aromatic rings. The Morgan fingerprint density at radius 1 is 1.26 bits per heavy atom. The van der Waals surface area contributed by atoms with Gasteiger partial charge in [-0.3, -0.25) is 14.4 Å². The summed E-state index contributed by atoms with van der Waals surface area (Å²) in [5.41, 5.74) is 1.70. The van der Waals surface area contributed by atoms with Crippen LogP contribution in [0, 0.1) is 5.92 Å². The van der Waals surface area contributed by atoms with E-state index in [1.807, 2.05) is 24.3 Å². The normalized spacial score (nSPS) is 18.6. The first-order chi connectivity index (χ1) is 12.8. The summed E-state index contributed by atoms with van der Waals surface area (Å²) in [5.74, 6) is -1.62. The number of benzene rings is 1. The van der Waals surface area contributed by atoms with E-state index in [0.717, 1.165) is 11.1 Å². The van der Waals surface area contributed by atoms with Crippen molar-refractivity contribution in [3.05, 3.63) is 35.4 Å². The Morgan fingerprint density at radius 3 is 2.56 bits per heavy atom. The van der Waals surface area contributed by atoms with Crippen LogP contribution >= 0.6 is 0 Å². The predicted octanol–water partition coefficient (Wildman–Crippen LogP) is 0.849. The second-order valence-corrected chi connectivity index (χ2v) is 6.99. The van der Waals surface area contributed by atoms with Gasteiger partial charge >= 0.3 is 0 Å². The quantitative estimate of drug-likeness (QED) is 0.403. The molecule has 2 rings (SSSR count). The Balaban J connectivity index is 2.15. The molecule has 8 nitrogen and oxygen atoms in total. The number of hydrogen-bond acceptors (Lipinski definition) is 5. The molecule has 0 spiro atoms. The average molecular weight is 374 g/mol. The molecule has 27 heavy (non-hydrogen) atoms. The van der Waals surface area contributed by atoms with E-state index in [1.54, 1.807) is 25.8 Å². The number of rotatable bonds is 5. The SMILES string of the molecule is CC(C)/C(=N\O)C(=O)N[C@@H](C)C(=O)N[C@H]1C(=O)N(C)CCc2ccccc21. The Morgan fingerprint density at radius 2 is 1.93 bits per heavy atom. The van der Waals surface area contributed by atoms with E-state index in [4.69, 9.17) is 5.21 Å². The van der Waals surface area contributed by atoms with Crippen LogP contribution in [0.4, 0.5) is 0 Å². The first-order valence-electron chi connectivity index (χ1n) is 8.92. The largest absolute Gasteiger partial charge is 0.410 e. The summed E-state index contributed by atoms with van der Waals surface area (Å²) in [4.78, 5) is 39.0. The van der Waals surface area contributed by atoms with Crippen LogP contribution in [-0.4, -0.2) is 53.2 Å². The fourth-order valence-corrected chi connectivity index (χ4v) is 2.96. The van der Waals surface area contributed by atoms with Crippen LogP contribution < -0.4 is 10.6 Å². The highest BCUT2D eigenvalue weighted by Gasteiger charge is 2.32. The third kappa shape index (κ3) is 4.64. The van der Waals surface area contributed by atoms with Gasteiger partial charge in [0.15, 0.2) is 0 Å². The van der Waals surface area contributed by atoms with Crippen molar-refractivity contribution in [1.82, 2.24) is 15.5 Å². The number of likely N-dealkylation sites (N-methyl/N-ethyl adjacent to an activating group) is 1. The number of carbonyl (C=O) groups excluding carboxylic acids is 3. The van der Waals surface area contributed by atoms with Gasteiger partial charge in [0.25, 0.3) is 5.91 Å². The Hall–Kier alpha value is -2.90. The molecule has 0 saturated heterocycles. The Bertz CT molecular complexity index is 760. The zero-order chi connectivity index (χ0) is 20.1. The number of nitrogens with zero attached hydrogens (tertiary/aromatic N) is 2. The standard InChI is InChI=1S/C19H26N4O4/c1-11(2)15(22-27)18(25)20-12(3)17(24)21-16-14-8-6-5-7-13(14)9-10-23(4)19(16)26/h5-8,11-12,16,27H,9-10H2,1-4H3,(H,20,25)(H,21,24)/b22-15+/t12-,16+/m0/s1. The first-order valence-corrected chi connectivity index (χ1v) is 8.92. The lowest BCUT2D eigenvalue weighted by Gasteiger charge is -2.24. The zero-order valence-electron chi connectivity index (χ0n) is 16.0. The van der Waals surface area contributed by atoms with Crippen LogP contribution in [0.1, 0.15) is 37.9 Å². The molecule has 0 fully saturated rings. The van der Waals surface area contributed by atoms with Gasteiger partial charge in [0.05, 0.1) is 0 Å². The molecule has 8 heteroatoms. The van der Waals surface area contributed by atoms with Gasteiger partial charge in [0.2, 0.25) is 11.8 Å². The van der Waals surface area contributed by atoms with Gasteiger partial charge in [0.1, 0.15) is 17.8 Å². The van der Waals surface area contributed by atoms with Crippen LogP contribution in [-0.2, 0) is 20.8 Å². The fraction of sp³-hybridized carbons (Fsp3) is 0.474. The number of nitrogens with one attached hydrogen (secondary N) is 2. The summed E-state index contributed by atoms with van der Waals surface area (Å²) in [6.07, 6.45) is 0.710. The van der Waals surface area contributed by atoms with Crippen molar-refractivity contribution in [3.63, 3.8) is 0 Å². The molecule has 0 radical (unpaired) electrons. The van der Waals surface area contributed by atoms with Gasteiger partial charge < -0.3 is 20.7 Å². The van der Waals surface area contributed by atoms with Crippen molar-refractivity contribution >= 4 is 23.4 Å². The lowest BCUT2D eigenvalue weighted by Crippen LogP contribution is -2.50. The maximum Gasteiger partial charge on any atom is 0.269 e. The molecule has 0 bridgehead atoms. The van der Waals surface area contributed by atoms with E-state index in [1.165, 1.54) is 6.92 Å². The summed E-state index contributed by atoms with van der Waals surface area (Å²) in [7, 11) is 1.70. The number of hydrogen-bond donors (Lipinski definition) is 3. The van der Waals surface area contributed by atoms with Gasteiger partial charge in [-0.2, -0.15) is 0 Å². The van der Waals surface area contributed by atoms with Crippen LogP contribution in [0.25, 0.3) is 0 Å². The topological polar surface area (TPSA) is 111 Å². The number of oxime groups is 1. The van der Waals surface area contributed by atoms with Gasteiger partial charge in [-0.05, 0) is 24.5 Å². The van der Waals surface area contributed by atoms with Gasteiger partial charge in [-0.15, -0.1) is 0 Å². The summed E-state index contributed by atoms with van der Waals surface area (Å²) in [6, 6.07) is 5.79. The molecule has 3 amide bonds. The van der Waals surface area contributed by atoms with Crippen molar-refractivity contribution in [2.45, 2.75) is 39.3 Å². The molecule has 146 valence electrons. The maximum absolute atomic E-state index is 12.7. The van der Waals surface area contributed by atoms with E-state index < -0.39 is 23.9 Å². The third-order valence-corrected chi connectivity index (χ3v) is 4.62. The molecule has 1 aliphatic rings. The minimum Gasteiger partial charge on any atom is -0.410 e. The van der Waals surface area contributed by atoms with Crippen molar-refractivity contribution in [1.29, 1.82) is 0 Å². The first kappa shape index (κ1) is 20.4. The minimum absolute atomic E-state index is 0.0646. The number of amides is 3. The van der Waals surface area contributed by atoms with Crippen molar-refractivity contribution in [2.75, 3.05) is 13.6 Å². The monoisotopic (exact) mass is 374 g/mol. The highest BCUT2D eigenvalue weighted by Crippen LogP contribution is 2.24. The molecule has 1 aliphatic heterocycles. The summed E-state index contributed by atoms with van der Waals surface area (Å²) >= 11 is 0. The summed E-state index contributed by atoms with van der Waals surface area (Å²) in [6.45, 7) is 5.49. The summed E-state index contributed by atoms with van der Waals surface area (Å²) in [5, 5.41) is 17.2. The van der Waals surface area contributed by atoms with Gasteiger partial charge in [0, 0.05) is 19.5 Å². The zero-order valence-corrected chi connectivity index (χ0v) is 16.0. The lowest BCUT2D eigenvalue weighted by atomic mass is 9.99. The molecule has 1 heterocycles. The molecule has 2 atom stereocenters. The molecule has 0 aromatic heterocycles. The average Bonchev–Trinajstić information content (AvgIpc) is 2.74. The molecular formula is C19H26N4O4. The highest BCUT2D eigenvalue weighted by molar-refractivity contribution is 6.39. The van der Waals surface area contributed by atoms with E-state index in [2.05, 4.69) is 15.8 Å². The van der Waals surface area contributed by atoms with Crippen LogP contribution in [0.5, 0.6) is 0 Å². The van der Waals surface area contributed by atoms with Crippen LogP contribution in [0.15, 0.2) is 29.4 Å². The van der Waals surface area contributed by atoms with Crippen molar-refractivity contribution in [3.8, 4) is 0 Å². The van der Waals surface area contributed by atoms with Crippen molar-refractivity contribution in [2.24, 2.45) is 11.1 Å². The van der Waals surface area contributed by atoms with E-state index in [9.17, 15) is 14.4 Å². The van der Waals surface area contributed by atoms with Gasteiger partial charge in [-0.25, -0.2) is 0 Å². The molecule has 0 aliphatic carbocycles. The predicted molar refractivity (Wildman–Crippen MR) is 100 cm³/mol. The minimum atomic E-state index is -0.901. The Kier molecular flexibility index (Phi) is 6.55. The summed E-state index contributed by atoms with van der Waals surface area (Å²) < 4.78 is 0. The molecule has 0 saturated carbocycles. The maximum atomic E-state index is 12.7. The lowest BCUT2D eigenvalue weighted by molar-refractivity contribution is -0.136. The molecular weight excluding hydrogens is 348 g/mol. The number of carbonyl (C=O) groups is 3. The molecule has 3 N–H and O–H groups in total. The number of fused-ring (bicyclic) bond motifs is 1. The van der Waals surface area contributed by atoms with E-state index in [0.29, 0.717) is 13.0 Å². The molecule has 1 aromatic carbocycles. The van der Waals surface area contributed by atoms with Crippen LogP contribution in [0.2, 0.25) is 0 Å². The third-order valence-electron chi connectivity index (χ3n) is 4.62. The molecule has 0 unspecified atom stereocenters. The van der Waals surface area contributed by atoms with E-state index >= 15 is 0 Å². The fourth-order valence-electron chi connectivity index (χ4n) is 2.96. The second-order valence-electron chi connectivity index (χ2n) is 6.99. The Labute approximate surface area is 158 Å². The highest BCUT2D eigenvalue weighted by atomic mass is 16.4. The van der Waals surface area contributed by atoms with Crippen LogP contribution in [0.3, 0.4) is 0 Å². The second kappa shape index (κ2) is 8.66. The van der Waals surface area contributed by atoms with Gasteiger partial charge in [-0.1, -0.05) is 43.3 Å². The smallest absolute Gasteiger partial charge is 0.269 e. The van der Waals surface area contributed by atoms with Crippen molar-refractivity contribution < 1.29 is 19.6 Å².